The second-order valence-electron chi connectivity index (χ2n) is 4.32. The van der Waals surface area contributed by atoms with Crippen LogP contribution >= 0.6 is 11.6 Å². The van der Waals surface area contributed by atoms with E-state index in [9.17, 15) is 9.59 Å². The summed E-state index contributed by atoms with van der Waals surface area (Å²) >= 11 is 5.76. The number of carbonyl (C=O) groups is 2. The van der Waals surface area contributed by atoms with Crippen LogP contribution in [0.3, 0.4) is 0 Å². The number of nitrogens with one attached hydrogen (secondary N) is 2. The second kappa shape index (κ2) is 8.35. The second-order valence-corrected chi connectivity index (χ2v) is 4.76. The summed E-state index contributed by atoms with van der Waals surface area (Å²) in [6.07, 6.45) is 1.60. The van der Waals surface area contributed by atoms with Crippen LogP contribution in [0.25, 0.3) is 0 Å². The summed E-state index contributed by atoms with van der Waals surface area (Å²) in [6.45, 7) is 4.22. The van der Waals surface area contributed by atoms with Crippen molar-refractivity contribution in [3.8, 4) is 0 Å². The molecule has 1 rings (SSSR count). The fourth-order valence-electron chi connectivity index (χ4n) is 1.52. The van der Waals surface area contributed by atoms with Gasteiger partial charge in [0.15, 0.2) is 0 Å². The molecule has 0 aliphatic rings. The highest BCUT2D eigenvalue weighted by atomic mass is 35.5. The third-order valence-electron chi connectivity index (χ3n) is 2.40. The van der Waals surface area contributed by atoms with E-state index in [-0.39, 0.29) is 24.9 Å². The maximum atomic E-state index is 11.8. The SMILES string of the molecule is C=CCNC(=O)CN(C)CC(=O)Nc1ccc(Cl)cc1. The van der Waals surface area contributed by atoms with Gasteiger partial charge in [0.1, 0.15) is 0 Å². The topological polar surface area (TPSA) is 61.4 Å². The molecule has 0 atom stereocenters. The van der Waals surface area contributed by atoms with Crippen molar-refractivity contribution in [2.75, 3.05) is 32.0 Å². The van der Waals surface area contributed by atoms with Crippen molar-refractivity contribution in [2.24, 2.45) is 0 Å². The minimum Gasteiger partial charge on any atom is -0.352 e. The van der Waals surface area contributed by atoms with Gasteiger partial charge in [0.25, 0.3) is 0 Å². The summed E-state index contributed by atoms with van der Waals surface area (Å²) < 4.78 is 0. The molecule has 0 fully saturated rings. The molecule has 0 aromatic heterocycles. The van der Waals surface area contributed by atoms with Crippen LogP contribution in [-0.2, 0) is 9.59 Å². The number of rotatable bonds is 7. The molecule has 0 bridgehead atoms. The average Bonchev–Trinajstić information content (AvgIpc) is 2.38. The lowest BCUT2D eigenvalue weighted by Gasteiger charge is -2.15. The van der Waals surface area contributed by atoms with Crippen LogP contribution < -0.4 is 10.6 Å². The summed E-state index contributed by atoms with van der Waals surface area (Å²) in [6, 6.07) is 6.83. The van der Waals surface area contributed by atoms with Gasteiger partial charge in [-0.15, -0.1) is 6.58 Å². The predicted octanol–water partition coefficient (Wildman–Crippen LogP) is 1.51. The Morgan fingerprint density at radius 1 is 1.25 bits per heavy atom. The van der Waals surface area contributed by atoms with Crippen molar-refractivity contribution < 1.29 is 9.59 Å². The summed E-state index contributed by atoms with van der Waals surface area (Å²) in [5.74, 6) is -0.335. The fraction of sp³-hybridized carbons (Fsp3) is 0.286. The van der Waals surface area contributed by atoms with Gasteiger partial charge in [-0.1, -0.05) is 17.7 Å². The molecule has 2 amide bonds. The van der Waals surface area contributed by atoms with Crippen molar-refractivity contribution in [1.82, 2.24) is 10.2 Å². The van der Waals surface area contributed by atoms with E-state index < -0.39 is 0 Å². The van der Waals surface area contributed by atoms with Gasteiger partial charge < -0.3 is 10.6 Å². The minimum absolute atomic E-state index is 0.129. The molecule has 108 valence electrons. The molecule has 1 aromatic rings. The highest BCUT2D eigenvalue weighted by molar-refractivity contribution is 6.30. The van der Waals surface area contributed by atoms with E-state index in [1.807, 2.05) is 0 Å². The molecule has 0 aliphatic carbocycles. The molecule has 0 unspecified atom stereocenters. The van der Waals surface area contributed by atoms with E-state index in [1.54, 1.807) is 42.3 Å². The number of carbonyl (C=O) groups excluding carboxylic acids is 2. The highest BCUT2D eigenvalue weighted by Gasteiger charge is 2.10. The first-order valence-corrected chi connectivity index (χ1v) is 6.50. The van der Waals surface area contributed by atoms with Crippen LogP contribution in [0.5, 0.6) is 0 Å². The Bertz CT molecular complexity index is 474. The molecule has 1 aromatic carbocycles. The Kier molecular flexibility index (Phi) is 6.76. The van der Waals surface area contributed by atoms with E-state index in [4.69, 9.17) is 11.6 Å². The zero-order valence-electron chi connectivity index (χ0n) is 11.4. The van der Waals surface area contributed by atoms with E-state index in [1.165, 1.54) is 0 Å². The maximum Gasteiger partial charge on any atom is 0.238 e. The average molecular weight is 296 g/mol. The van der Waals surface area contributed by atoms with Gasteiger partial charge in [-0.3, -0.25) is 14.5 Å². The molecular formula is C14H18ClN3O2. The number of likely N-dealkylation sites (N-methyl/N-ethyl adjacent to an activating group) is 1. The Morgan fingerprint density at radius 3 is 2.45 bits per heavy atom. The van der Waals surface area contributed by atoms with E-state index >= 15 is 0 Å². The van der Waals surface area contributed by atoms with Gasteiger partial charge in [0, 0.05) is 17.3 Å². The van der Waals surface area contributed by atoms with Gasteiger partial charge in [-0.05, 0) is 31.3 Å². The van der Waals surface area contributed by atoms with E-state index in [2.05, 4.69) is 17.2 Å². The van der Waals surface area contributed by atoms with Crippen molar-refractivity contribution >= 4 is 29.1 Å². The molecule has 0 saturated carbocycles. The lowest BCUT2D eigenvalue weighted by Crippen LogP contribution is -2.38. The number of amides is 2. The lowest BCUT2D eigenvalue weighted by atomic mass is 10.3. The smallest absolute Gasteiger partial charge is 0.238 e. The Morgan fingerprint density at radius 2 is 1.85 bits per heavy atom. The number of benzene rings is 1. The molecule has 6 heteroatoms. The Hall–Kier alpha value is -1.85. The van der Waals surface area contributed by atoms with Crippen molar-refractivity contribution in [3.05, 3.63) is 41.9 Å². The molecule has 0 saturated heterocycles. The van der Waals surface area contributed by atoms with Crippen LogP contribution in [0.2, 0.25) is 5.02 Å². The van der Waals surface area contributed by atoms with Crippen LogP contribution in [0.1, 0.15) is 0 Å². The monoisotopic (exact) mass is 295 g/mol. The Labute approximate surface area is 123 Å². The van der Waals surface area contributed by atoms with Crippen LogP contribution in [-0.4, -0.2) is 43.4 Å². The third-order valence-corrected chi connectivity index (χ3v) is 2.65. The van der Waals surface area contributed by atoms with Crippen molar-refractivity contribution in [3.63, 3.8) is 0 Å². The molecule has 0 heterocycles. The molecule has 0 radical (unpaired) electrons. The summed E-state index contributed by atoms with van der Waals surface area (Å²) in [7, 11) is 1.70. The van der Waals surface area contributed by atoms with Gasteiger partial charge in [-0.25, -0.2) is 0 Å². The normalized spacial score (nSPS) is 10.2. The summed E-state index contributed by atoms with van der Waals surface area (Å²) in [5.41, 5.74) is 0.670. The van der Waals surface area contributed by atoms with Crippen LogP contribution in [0.15, 0.2) is 36.9 Å². The van der Waals surface area contributed by atoms with E-state index in [0.717, 1.165) is 0 Å². The third kappa shape index (κ3) is 6.36. The summed E-state index contributed by atoms with van der Waals surface area (Å²) in [4.78, 5) is 24.8. The molecule has 20 heavy (non-hydrogen) atoms. The van der Waals surface area contributed by atoms with Crippen LogP contribution in [0, 0.1) is 0 Å². The van der Waals surface area contributed by atoms with Gasteiger partial charge in [0.05, 0.1) is 13.1 Å². The van der Waals surface area contributed by atoms with E-state index in [0.29, 0.717) is 17.3 Å². The highest BCUT2D eigenvalue weighted by Crippen LogP contribution is 2.13. The first-order valence-electron chi connectivity index (χ1n) is 6.13. The molecule has 5 nitrogen and oxygen atoms in total. The molecule has 2 N–H and O–H groups in total. The Balaban J connectivity index is 2.36. The first-order chi connectivity index (χ1) is 9.51. The maximum absolute atomic E-state index is 11.8. The van der Waals surface area contributed by atoms with Gasteiger partial charge in [0.2, 0.25) is 11.8 Å². The van der Waals surface area contributed by atoms with Crippen molar-refractivity contribution in [1.29, 1.82) is 0 Å². The van der Waals surface area contributed by atoms with Crippen LogP contribution in [0.4, 0.5) is 5.69 Å². The standard InChI is InChI=1S/C14H18ClN3O2/c1-3-8-16-13(19)9-18(2)10-14(20)17-12-6-4-11(15)5-7-12/h3-7H,1,8-10H2,2H3,(H,16,19)(H,17,20). The largest absolute Gasteiger partial charge is 0.352 e. The first kappa shape index (κ1) is 16.2. The van der Waals surface area contributed by atoms with Gasteiger partial charge in [-0.2, -0.15) is 0 Å². The van der Waals surface area contributed by atoms with Crippen molar-refractivity contribution in [2.45, 2.75) is 0 Å². The molecular weight excluding hydrogens is 278 g/mol. The number of anilines is 1. The molecule has 0 spiro atoms. The quantitative estimate of drug-likeness (QED) is 0.750. The number of hydrogen-bond acceptors (Lipinski definition) is 3. The summed E-state index contributed by atoms with van der Waals surface area (Å²) in [5, 5.41) is 5.99. The fourth-order valence-corrected chi connectivity index (χ4v) is 1.65. The van der Waals surface area contributed by atoms with Gasteiger partial charge >= 0.3 is 0 Å². The number of nitrogens with zero attached hydrogens (tertiary/aromatic N) is 1. The lowest BCUT2D eigenvalue weighted by molar-refractivity contribution is -0.122. The number of hydrogen-bond donors (Lipinski definition) is 2. The zero-order valence-corrected chi connectivity index (χ0v) is 12.1. The molecule has 0 aliphatic heterocycles. The number of halogens is 1. The zero-order chi connectivity index (χ0) is 15.0. The minimum atomic E-state index is -0.189. The predicted molar refractivity (Wildman–Crippen MR) is 80.8 cm³/mol.